The number of nitrogens with zero attached hydrogens (tertiary/aromatic N) is 1. The van der Waals surface area contributed by atoms with Gasteiger partial charge in [0.15, 0.2) is 0 Å². The third-order valence-corrected chi connectivity index (χ3v) is 6.44. The topological polar surface area (TPSA) is 71.1 Å². The van der Waals surface area contributed by atoms with E-state index in [0.29, 0.717) is 16.5 Å². The Morgan fingerprint density at radius 3 is 2.21 bits per heavy atom. The first kappa shape index (κ1) is 23.5. The average molecular weight is 488 g/mol. The van der Waals surface area contributed by atoms with E-state index in [4.69, 9.17) is 11.6 Å². The van der Waals surface area contributed by atoms with Gasteiger partial charge >= 0.3 is 0 Å². The zero-order chi connectivity index (χ0) is 23.8. The molecule has 5 nitrogen and oxygen atoms in total. The quantitative estimate of drug-likeness (QED) is 0.282. The van der Waals surface area contributed by atoms with Crippen LogP contribution in [0, 0.1) is 0 Å². The van der Waals surface area contributed by atoms with Crippen LogP contribution < -0.4 is 10.6 Å². The molecule has 0 fully saturated rings. The number of carbonyl (C=O) groups is 2. The highest BCUT2D eigenvalue weighted by Crippen LogP contribution is 2.36. The Morgan fingerprint density at radius 1 is 0.824 bits per heavy atom. The number of benzene rings is 3. The fourth-order valence-electron chi connectivity index (χ4n) is 3.27. The molecular formula is C27H22ClN3O2S. The molecule has 1 aromatic heterocycles. The highest BCUT2D eigenvalue weighted by molar-refractivity contribution is 8.00. The highest BCUT2D eigenvalue weighted by atomic mass is 35.5. The van der Waals surface area contributed by atoms with E-state index in [1.165, 1.54) is 11.8 Å². The fourth-order valence-corrected chi connectivity index (χ4v) is 4.43. The molecule has 2 N–H and O–H groups in total. The normalized spacial score (nSPS) is 11.4. The van der Waals surface area contributed by atoms with Crippen LogP contribution in [0.2, 0.25) is 5.02 Å². The van der Waals surface area contributed by atoms with Crippen LogP contribution in [0.5, 0.6) is 0 Å². The summed E-state index contributed by atoms with van der Waals surface area (Å²) in [5, 5.41) is 5.97. The molecule has 4 aromatic rings. The molecule has 4 rings (SSSR count). The lowest BCUT2D eigenvalue weighted by atomic mass is 10.1. The Morgan fingerprint density at radius 2 is 1.53 bits per heavy atom. The summed E-state index contributed by atoms with van der Waals surface area (Å²) in [5.41, 5.74) is 2.47. The average Bonchev–Trinajstić information content (AvgIpc) is 2.86. The van der Waals surface area contributed by atoms with Crippen molar-refractivity contribution in [1.29, 1.82) is 0 Å². The van der Waals surface area contributed by atoms with E-state index >= 15 is 0 Å². The van der Waals surface area contributed by atoms with Gasteiger partial charge in [0.05, 0.1) is 6.42 Å². The van der Waals surface area contributed by atoms with Crippen LogP contribution in [0.25, 0.3) is 0 Å². The minimum absolute atomic E-state index is 0.111. The molecule has 0 aliphatic heterocycles. The molecule has 0 bridgehead atoms. The van der Waals surface area contributed by atoms with Gasteiger partial charge in [-0.25, -0.2) is 4.98 Å². The fraction of sp³-hybridized carbons (Fsp3) is 0.0741. The number of pyridine rings is 1. The Labute approximate surface area is 207 Å². The number of aromatic nitrogens is 1. The molecule has 7 heteroatoms. The van der Waals surface area contributed by atoms with Gasteiger partial charge in [-0.3, -0.25) is 9.59 Å². The van der Waals surface area contributed by atoms with Crippen LogP contribution in [0.3, 0.4) is 0 Å². The molecule has 0 saturated heterocycles. The second-order valence-corrected chi connectivity index (χ2v) is 9.10. The van der Waals surface area contributed by atoms with Crippen molar-refractivity contribution in [3.8, 4) is 0 Å². The predicted octanol–water partition coefficient (Wildman–Crippen LogP) is 6.39. The summed E-state index contributed by atoms with van der Waals surface area (Å²) >= 11 is 7.33. The molecule has 34 heavy (non-hydrogen) atoms. The van der Waals surface area contributed by atoms with Crippen LogP contribution in [0.1, 0.15) is 16.4 Å². The minimum Gasteiger partial charge on any atom is -0.326 e. The number of amides is 2. The number of nitrogens with one attached hydrogen (secondary N) is 2. The van der Waals surface area contributed by atoms with Gasteiger partial charge < -0.3 is 10.6 Å². The Hall–Kier alpha value is -3.61. The van der Waals surface area contributed by atoms with Crippen LogP contribution in [-0.2, 0) is 16.0 Å². The van der Waals surface area contributed by atoms with Crippen molar-refractivity contribution in [1.82, 2.24) is 4.98 Å². The van der Waals surface area contributed by atoms with E-state index < -0.39 is 5.25 Å². The number of hydrogen-bond donors (Lipinski definition) is 2. The van der Waals surface area contributed by atoms with E-state index in [0.717, 1.165) is 16.0 Å². The first-order chi connectivity index (χ1) is 16.6. The van der Waals surface area contributed by atoms with Gasteiger partial charge in [-0.05, 0) is 59.7 Å². The number of rotatable bonds is 8. The molecule has 0 radical (unpaired) electrons. The number of anilines is 2. The first-order valence-electron chi connectivity index (χ1n) is 10.6. The van der Waals surface area contributed by atoms with Gasteiger partial charge in [0.2, 0.25) is 11.8 Å². The Balaban J connectivity index is 1.42. The molecule has 170 valence electrons. The second kappa shape index (κ2) is 11.5. The van der Waals surface area contributed by atoms with Crippen molar-refractivity contribution in [2.75, 3.05) is 10.6 Å². The van der Waals surface area contributed by atoms with Crippen molar-refractivity contribution in [2.24, 2.45) is 0 Å². The van der Waals surface area contributed by atoms with Crippen molar-refractivity contribution >= 4 is 46.7 Å². The summed E-state index contributed by atoms with van der Waals surface area (Å²) in [6.07, 6.45) is 1.90. The maximum atomic E-state index is 13.1. The molecule has 3 aromatic carbocycles. The Bertz CT molecular complexity index is 1230. The van der Waals surface area contributed by atoms with Crippen molar-refractivity contribution in [2.45, 2.75) is 16.6 Å². The van der Waals surface area contributed by atoms with Crippen molar-refractivity contribution in [3.05, 3.63) is 119 Å². The monoisotopic (exact) mass is 487 g/mol. The molecule has 0 saturated carbocycles. The molecule has 1 unspecified atom stereocenters. The number of carbonyl (C=O) groups excluding carboxylic acids is 2. The van der Waals surface area contributed by atoms with Crippen molar-refractivity contribution in [3.63, 3.8) is 0 Å². The zero-order valence-electron chi connectivity index (χ0n) is 18.1. The number of hydrogen-bond acceptors (Lipinski definition) is 4. The largest absolute Gasteiger partial charge is 0.326 e. The predicted molar refractivity (Wildman–Crippen MR) is 138 cm³/mol. The van der Waals surface area contributed by atoms with E-state index in [1.807, 2.05) is 72.8 Å². The maximum absolute atomic E-state index is 13.1. The Kier molecular flexibility index (Phi) is 7.96. The minimum atomic E-state index is -0.464. The molecule has 1 atom stereocenters. The third kappa shape index (κ3) is 6.70. The van der Waals surface area contributed by atoms with Gasteiger partial charge in [0.1, 0.15) is 11.1 Å². The summed E-state index contributed by atoms with van der Waals surface area (Å²) in [6, 6.07) is 29.7. The summed E-state index contributed by atoms with van der Waals surface area (Å²) < 4.78 is 0. The van der Waals surface area contributed by atoms with Crippen LogP contribution in [0.4, 0.5) is 11.5 Å². The molecular weight excluding hydrogens is 466 g/mol. The zero-order valence-corrected chi connectivity index (χ0v) is 19.7. The summed E-state index contributed by atoms with van der Waals surface area (Å²) in [7, 11) is 0. The van der Waals surface area contributed by atoms with E-state index in [-0.39, 0.29) is 18.2 Å². The first-order valence-corrected chi connectivity index (χ1v) is 11.9. The SMILES string of the molecule is O=C(Cc1ccc(Cl)cc1)Nc1ccc(SC(C(=O)Nc2ccccn2)c2ccccc2)cc1. The van der Waals surface area contributed by atoms with Gasteiger partial charge in [-0.1, -0.05) is 60.1 Å². The van der Waals surface area contributed by atoms with Crippen molar-refractivity contribution < 1.29 is 9.59 Å². The van der Waals surface area contributed by atoms with E-state index in [2.05, 4.69) is 15.6 Å². The standard InChI is InChI=1S/C27H22ClN3O2S/c28-21-11-9-19(10-12-21)18-25(32)30-22-13-15-23(16-14-22)34-26(20-6-2-1-3-7-20)27(33)31-24-8-4-5-17-29-24/h1-17,26H,18H2,(H,30,32)(H,29,31,33). The molecule has 0 aliphatic rings. The third-order valence-electron chi connectivity index (χ3n) is 4.93. The lowest BCUT2D eigenvalue weighted by Crippen LogP contribution is -2.19. The summed E-state index contributed by atoms with van der Waals surface area (Å²) in [6.45, 7) is 0. The van der Waals surface area contributed by atoms with Gasteiger partial charge in [-0.15, -0.1) is 11.8 Å². The van der Waals surface area contributed by atoms with Crippen LogP contribution >= 0.6 is 23.4 Å². The molecule has 0 aliphatic carbocycles. The highest BCUT2D eigenvalue weighted by Gasteiger charge is 2.22. The maximum Gasteiger partial charge on any atom is 0.243 e. The van der Waals surface area contributed by atoms with Gasteiger partial charge in [0, 0.05) is 21.8 Å². The lowest BCUT2D eigenvalue weighted by molar-refractivity contribution is -0.116. The number of thioether (sulfide) groups is 1. The molecule has 1 heterocycles. The summed E-state index contributed by atoms with van der Waals surface area (Å²) in [4.78, 5) is 30.5. The molecule has 0 spiro atoms. The van der Waals surface area contributed by atoms with Crippen LogP contribution in [-0.4, -0.2) is 16.8 Å². The van der Waals surface area contributed by atoms with E-state index in [1.54, 1.807) is 30.5 Å². The van der Waals surface area contributed by atoms with E-state index in [9.17, 15) is 9.59 Å². The van der Waals surface area contributed by atoms with Gasteiger partial charge in [0.25, 0.3) is 0 Å². The molecule has 2 amide bonds. The van der Waals surface area contributed by atoms with Crippen LogP contribution in [0.15, 0.2) is 108 Å². The summed E-state index contributed by atoms with van der Waals surface area (Å²) in [5.74, 6) is 0.239. The van der Waals surface area contributed by atoms with Gasteiger partial charge in [-0.2, -0.15) is 0 Å². The second-order valence-electron chi connectivity index (χ2n) is 7.49. The smallest absolute Gasteiger partial charge is 0.243 e. The number of halogens is 1. The lowest BCUT2D eigenvalue weighted by Gasteiger charge is -2.17.